The van der Waals surface area contributed by atoms with Crippen molar-refractivity contribution < 1.29 is 14.7 Å². The Bertz CT molecular complexity index is 550. The van der Waals surface area contributed by atoms with Gasteiger partial charge in [-0.25, -0.2) is 4.79 Å². The number of nitriles is 1. The summed E-state index contributed by atoms with van der Waals surface area (Å²) in [5.74, 6) is -1.03. The standard InChI is InChI=1S/C13H14N2O3S/c1-8-5-9(2)12(10(6-8)13(17)18)15-11(16)7-19-4-3-14/h5-6H,4,7H2,1-2H3,(H,15,16)(H,17,18). The SMILES string of the molecule is Cc1cc(C)c(NC(=O)CSCC#N)c(C(=O)O)c1. The van der Waals surface area contributed by atoms with Crippen molar-refractivity contribution in [1.82, 2.24) is 0 Å². The predicted molar refractivity (Wildman–Crippen MR) is 74.4 cm³/mol. The highest BCUT2D eigenvalue weighted by molar-refractivity contribution is 8.00. The zero-order valence-corrected chi connectivity index (χ0v) is 11.5. The minimum Gasteiger partial charge on any atom is -0.478 e. The van der Waals surface area contributed by atoms with Gasteiger partial charge in [-0.3, -0.25) is 4.79 Å². The molecule has 1 aromatic rings. The Balaban J connectivity index is 2.91. The summed E-state index contributed by atoms with van der Waals surface area (Å²) >= 11 is 1.18. The van der Waals surface area contributed by atoms with Gasteiger partial charge in [-0.15, -0.1) is 11.8 Å². The molecule has 0 aliphatic carbocycles. The van der Waals surface area contributed by atoms with E-state index in [-0.39, 0.29) is 23.0 Å². The van der Waals surface area contributed by atoms with Gasteiger partial charge in [-0.05, 0) is 31.0 Å². The number of carbonyl (C=O) groups is 2. The van der Waals surface area contributed by atoms with Crippen LogP contribution in [0.2, 0.25) is 0 Å². The van der Waals surface area contributed by atoms with E-state index in [1.807, 2.05) is 12.1 Å². The number of nitrogens with one attached hydrogen (secondary N) is 1. The lowest BCUT2D eigenvalue weighted by molar-refractivity contribution is -0.113. The van der Waals surface area contributed by atoms with Crippen molar-refractivity contribution in [1.29, 1.82) is 5.26 Å². The number of nitrogens with zero attached hydrogens (tertiary/aromatic N) is 1. The normalized spacial score (nSPS) is 9.74. The van der Waals surface area contributed by atoms with Gasteiger partial charge < -0.3 is 10.4 Å². The number of thioether (sulfide) groups is 1. The zero-order chi connectivity index (χ0) is 14.4. The lowest BCUT2D eigenvalue weighted by atomic mass is 10.0. The minimum atomic E-state index is -1.08. The number of benzene rings is 1. The van der Waals surface area contributed by atoms with E-state index in [1.165, 1.54) is 17.8 Å². The molecule has 1 rings (SSSR count). The highest BCUT2D eigenvalue weighted by atomic mass is 32.2. The molecule has 0 aromatic heterocycles. The third-order valence-corrected chi connectivity index (χ3v) is 3.17. The number of aromatic carboxylic acids is 1. The minimum absolute atomic E-state index is 0.0798. The number of carboxylic acids is 1. The predicted octanol–water partition coefficient (Wildman–Crippen LogP) is 2.20. The molecule has 0 bridgehead atoms. The van der Waals surface area contributed by atoms with Crippen LogP contribution in [0.4, 0.5) is 5.69 Å². The number of rotatable bonds is 5. The van der Waals surface area contributed by atoms with E-state index in [4.69, 9.17) is 10.4 Å². The molecule has 0 radical (unpaired) electrons. The number of carbonyl (C=O) groups excluding carboxylic acids is 1. The second-order valence-electron chi connectivity index (χ2n) is 4.01. The van der Waals surface area contributed by atoms with Gasteiger partial charge in [0, 0.05) is 0 Å². The lowest BCUT2D eigenvalue weighted by Gasteiger charge is -2.12. The monoisotopic (exact) mass is 278 g/mol. The van der Waals surface area contributed by atoms with Crippen LogP contribution in [0.15, 0.2) is 12.1 Å². The highest BCUT2D eigenvalue weighted by Crippen LogP contribution is 2.23. The molecule has 19 heavy (non-hydrogen) atoms. The highest BCUT2D eigenvalue weighted by Gasteiger charge is 2.15. The average molecular weight is 278 g/mol. The van der Waals surface area contributed by atoms with Crippen molar-refractivity contribution in [2.45, 2.75) is 13.8 Å². The maximum absolute atomic E-state index is 11.7. The van der Waals surface area contributed by atoms with Crippen molar-refractivity contribution in [3.63, 3.8) is 0 Å². The largest absolute Gasteiger partial charge is 0.478 e. The van der Waals surface area contributed by atoms with E-state index < -0.39 is 5.97 Å². The van der Waals surface area contributed by atoms with E-state index in [2.05, 4.69) is 5.32 Å². The Labute approximate surface area is 115 Å². The Hall–Kier alpha value is -2.00. The molecule has 6 heteroatoms. The van der Waals surface area contributed by atoms with Gasteiger partial charge in [-0.2, -0.15) is 5.26 Å². The molecule has 2 N–H and O–H groups in total. The number of aryl methyl sites for hydroxylation is 2. The molecule has 0 unspecified atom stereocenters. The van der Waals surface area contributed by atoms with Crippen LogP contribution in [0.3, 0.4) is 0 Å². The topological polar surface area (TPSA) is 90.2 Å². The van der Waals surface area contributed by atoms with Gasteiger partial charge in [0.25, 0.3) is 0 Å². The average Bonchev–Trinajstić information content (AvgIpc) is 2.32. The van der Waals surface area contributed by atoms with Crippen LogP contribution in [-0.4, -0.2) is 28.5 Å². The molecule has 0 saturated heterocycles. The van der Waals surface area contributed by atoms with E-state index >= 15 is 0 Å². The molecule has 0 fully saturated rings. The van der Waals surface area contributed by atoms with Crippen LogP contribution in [-0.2, 0) is 4.79 Å². The van der Waals surface area contributed by atoms with Gasteiger partial charge in [0.05, 0.1) is 28.8 Å². The summed E-state index contributed by atoms with van der Waals surface area (Å²) < 4.78 is 0. The summed E-state index contributed by atoms with van der Waals surface area (Å²) in [5, 5.41) is 20.1. The molecule has 1 amide bonds. The molecule has 0 saturated carbocycles. The molecule has 1 aromatic carbocycles. The summed E-state index contributed by atoms with van der Waals surface area (Å²) in [4.78, 5) is 22.8. The third kappa shape index (κ3) is 4.30. The van der Waals surface area contributed by atoms with E-state index in [1.54, 1.807) is 13.8 Å². The lowest BCUT2D eigenvalue weighted by Crippen LogP contribution is -2.18. The van der Waals surface area contributed by atoms with Gasteiger partial charge in [0.1, 0.15) is 0 Å². The summed E-state index contributed by atoms with van der Waals surface area (Å²) in [5.41, 5.74) is 1.93. The summed E-state index contributed by atoms with van der Waals surface area (Å²) in [7, 11) is 0. The first-order valence-electron chi connectivity index (χ1n) is 5.54. The van der Waals surface area contributed by atoms with Crippen molar-refractivity contribution in [2.75, 3.05) is 16.8 Å². The number of hydrogen-bond donors (Lipinski definition) is 2. The second-order valence-corrected chi connectivity index (χ2v) is 4.99. The van der Waals surface area contributed by atoms with Crippen LogP contribution < -0.4 is 5.32 Å². The smallest absolute Gasteiger partial charge is 0.337 e. The first kappa shape index (κ1) is 15.1. The van der Waals surface area contributed by atoms with Crippen LogP contribution in [0.5, 0.6) is 0 Å². The molecule has 0 spiro atoms. The Kier molecular flexibility index (Phi) is 5.39. The fourth-order valence-electron chi connectivity index (χ4n) is 1.67. The fraction of sp³-hybridized carbons (Fsp3) is 0.308. The van der Waals surface area contributed by atoms with Crippen molar-refractivity contribution in [2.24, 2.45) is 0 Å². The van der Waals surface area contributed by atoms with E-state index in [9.17, 15) is 9.59 Å². The second kappa shape index (κ2) is 6.81. The Morgan fingerprint density at radius 3 is 2.68 bits per heavy atom. The maximum atomic E-state index is 11.7. The van der Waals surface area contributed by atoms with Crippen LogP contribution in [0.25, 0.3) is 0 Å². The molecule has 0 atom stereocenters. The number of hydrogen-bond acceptors (Lipinski definition) is 4. The maximum Gasteiger partial charge on any atom is 0.337 e. The van der Waals surface area contributed by atoms with E-state index in [0.29, 0.717) is 11.3 Å². The van der Waals surface area contributed by atoms with E-state index in [0.717, 1.165) is 5.56 Å². The number of anilines is 1. The summed E-state index contributed by atoms with van der Waals surface area (Å²) in [6.45, 7) is 3.55. The summed E-state index contributed by atoms with van der Waals surface area (Å²) in [6.07, 6.45) is 0. The summed E-state index contributed by atoms with van der Waals surface area (Å²) in [6, 6.07) is 5.26. The Morgan fingerprint density at radius 2 is 2.11 bits per heavy atom. The molecule has 0 aliphatic heterocycles. The molecule has 100 valence electrons. The molecular weight excluding hydrogens is 264 g/mol. The first-order chi connectivity index (χ1) is 8.95. The van der Waals surface area contributed by atoms with Gasteiger partial charge in [0.15, 0.2) is 0 Å². The van der Waals surface area contributed by atoms with Gasteiger partial charge >= 0.3 is 5.97 Å². The van der Waals surface area contributed by atoms with Gasteiger partial charge in [0.2, 0.25) is 5.91 Å². The third-order valence-electron chi connectivity index (χ3n) is 2.37. The van der Waals surface area contributed by atoms with Gasteiger partial charge in [-0.1, -0.05) is 6.07 Å². The number of carboxylic acid groups (broad SMARTS) is 1. The molecule has 0 heterocycles. The van der Waals surface area contributed by atoms with Crippen LogP contribution in [0, 0.1) is 25.2 Å². The molecular formula is C13H14N2O3S. The van der Waals surface area contributed by atoms with Crippen molar-refractivity contribution in [3.05, 3.63) is 28.8 Å². The quantitative estimate of drug-likeness (QED) is 0.806. The fourth-order valence-corrected chi connectivity index (χ4v) is 2.12. The molecule has 5 nitrogen and oxygen atoms in total. The number of amides is 1. The zero-order valence-electron chi connectivity index (χ0n) is 10.7. The van der Waals surface area contributed by atoms with Crippen molar-refractivity contribution in [3.8, 4) is 6.07 Å². The first-order valence-corrected chi connectivity index (χ1v) is 6.70. The van der Waals surface area contributed by atoms with Crippen LogP contribution in [0.1, 0.15) is 21.5 Å². The van der Waals surface area contributed by atoms with Crippen LogP contribution >= 0.6 is 11.8 Å². The molecule has 0 aliphatic rings. The Morgan fingerprint density at radius 1 is 1.42 bits per heavy atom. The van der Waals surface area contributed by atoms with Crippen molar-refractivity contribution >= 4 is 29.3 Å².